The molecule has 2 fully saturated rings. The highest BCUT2D eigenvalue weighted by atomic mass is 32.2. The van der Waals surface area contributed by atoms with Crippen molar-refractivity contribution in [3.8, 4) is 10.4 Å². The molecular weight excluding hydrogens is 422 g/mol. The van der Waals surface area contributed by atoms with Gasteiger partial charge in [-0.05, 0) is 43.9 Å². The van der Waals surface area contributed by atoms with Crippen LogP contribution in [-0.2, 0) is 19.6 Å². The molecule has 0 radical (unpaired) electrons. The zero-order chi connectivity index (χ0) is 21.3. The van der Waals surface area contributed by atoms with E-state index in [1.807, 2.05) is 26.0 Å². The summed E-state index contributed by atoms with van der Waals surface area (Å²) in [6.07, 6.45) is 4.07. The summed E-state index contributed by atoms with van der Waals surface area (Å²) < 4.78 is 33.1. The first-order valence-corrected chi connectivity index (χ1v) is 12.6. The molecule has 4 rings (SSSR count). The number of carbonyl (C=O) groups is 1. The van der Waals surface area contributed by atoms with Crippen molar-refractivity contribution in [3.63, 3.8) is 0 Å². The summed E-state index contributed by atoms with van der Waals surface area (Å²) in [5, 5.41) is 3.52. The minimum atomic E-state index is -3.59. The summed E-state index contributed by atoms with van der Waals surface area (Å²) in [5.41, 5.74) is 2.28. The molecule has 1 saturated heterocycles. The molecule has 30 heavy (non-hydrogen) atoms. The van der Waals surface area contributed by atoms with Crippen LogP contribution in [0.2, 0.25) is 0 Å². The predicted molar refractivity (Wildman–Crippen MR) is 117 cm³/mol. The Bertz CT molecular complexity index is 1040. The number of hydrogen-bond acceptors (Lipinski definition) is 6. The van der Waals surface area contributed by atoms with Crippen LogP contribution < -0.4 is 5.32 Å². The van der Waals surface area contributed by atoms with Crippen LogP contribution in [0.3, 0.4) is 0 Å². The number of anilines is 1. The van der Waals surface area contributed by atoms with Crippen molar-refractivity contribution in [2.24, 2.45) is 5.92 Å². The van der Waals surface area contributed by atoms with Crippen LogP contribution in [0.15, 0.2) is 23.1 Å². The van der Waals surface area contributed by atoms with E-state index in [-0.39, 0.29) is 11.8 Å². The first kappa shape index (κ1) is 21.4. The standard InChI is InChI=1S/C21H27N3O4S2/c1-14-7-8-17(13-18(14)30(26,27)24-9-11-28-12-10-24)19-15(2)22-21(29-19)23-20(25)16-5-3-4-6-16/h7-8,13,16H,3-6,9-12H2,1-2H3,(H,22,23,25). The number of carbonyl (C=O) groups excluding carboxylic acids is 1. The van der Waals surface area contributed by atoms with E-state index in [0.717, 1.165) is 41.8 Å². The van der Waals surface area contributed by atoms with E-state index in [0.29, 0.717) is 41.9 Å². The maximum absolute atomic E-state index is 13.2. The van der Waals surface area contributed by atoms with Crippen LogP contribution in [-0.4, -0.2) is 49.9 Å². The first-order chi connectivity index (χ1) is 14.4. The smallest absolute Gasteiger partial charge is 0.243 e. The van der Waals surface area contributed by atoms with E-state index in [2.05, 4.69) is 10.3 Å². The molecule has 1 aliphatic carbocycles. The number of thiazole rings is 1. The van der Waals surface area contributed by atoms with E-state index in [4.69, 9.17) is 4.74 Å². The third-order valence-corrected chi connectivity index (χ3v) is 8.95. The molecule has 7 nitrogen and oxygen atoms in total. The van der Waals surface area contributed by atoms with Crippen molar-refractivity contribution in [1.82, 2.24) is 9.29 Å². The van der Waals surface area contributed by atoms with Gasteiger partial charge in [-0.15, -0.1) is 0 Å². The van der Waals surface area contributed by atoms with Gasteiger partial charge in [0.1, 0.15) is 0 Å². The van der Waals surface area contributed by atoms with Crippen LogP contribution in [0.4, 0.5) is 5.13 Å². The molecule has 2 aromatic rings. The Labute approximate surface area is 181 Å². The fraction of sp³-hybridized carbons (Fsp3) is 0.524. The van der Waals surface area contributed by atoms with Crippen molar-refractivity contribution in [1.29, 1.82) is 0 Å². The summed E-state index contributed by atoms with van der Waals surface area (Å²) in [7, 11) is -3.59. The lowest BCUT2D eigenvalue weighted by atomic mass is 10.1. The van der Waals surface area contributed by atoms with Gasteiger partial charge in [0.05, 0.1) is 28.7 Å². The van der Waals surface area contributed by atoms with Crippen LogP contribution in [0.1, 0.15) is 36.9 Å². The molecule has 0 unspecified atom stereocenters. The van der Waals surface area contributed by atoms with E-state index in [1.165, 1.54) is 15.6 Å². The maximum atomic E-state index is 13.2. The number of nitrogens with one attached hydrogen (secondary N) is 1. The molecule has 0 atom stereocenters. The maximum Gasteiger partial charge on any atom is 0.243 e. The number of ether oxygens (including phenoxy) is 1. The molecule has 1 aliphatic heterocycles. The third kappa shape index (κ3) is 4.30. The van der Waals surface area contributed by atoms with E-state index in [9.17, 15) is 13.2 Å². The molecular formula is C21H27N3O4S2. The number of rotatable bonds is 5. The highest BCUT2D eigenvalue weighted by molar-refractivity contribution is 7.89. The molecule has 0 bridgehead atoms. The SMILES string of the molecule is Cc1ccc(-c2sc(NC(=O)C3CCCC3)nc2C)cc1S(=O)(=O)N1CCOCC1. The van der Waals surface area contributed by atoms with Gasteiger partial charge in [0, 0.05) is 19.0 Å². The first-order valence-electron chi connectivity index (χ1n) is 10.3. The summed E-state index contributed by atoms with van der Waals surface area (Å²) in [6.45, 7) is 5.24. The lowest BCUT2D eigenvalue weighted by Crippen LogP contribution is -2.40. The van der Waals surface area contributed by atoms with Crippen molar-refractivity contribution in [2.45, 2.75) is 44.4 Å². The fourth-order valence-corrected chi connectivity index (χ4v) is 6.68. The number of amides is 1. The zero-order valence-corrected chi connectivity index (χ0v) is 18.9. The number of morpholine rings is 1. The van der Waals surface area contributed by atoms with E-state index in [1.54, 1.807) is 6.07 Å². The molecule has 162 valence electrons. The topological polar surface area (TPSA) is 88.6 Å². The highest BCUT2D eigenvalue weighted by Crippen LogP contribution is 2.36. The van der Waals surface area contributed by atoms with Crippen molar-refractivity contribution in [2.75, 3.05) is 31.6 Å². The molecule has 9 heteroatoms. The highest BCUT2D eigenvalue weighted by Gasteiger charge is 2.29. The van der Waals surface area contributed by atoms with Gasteiger partial charge >= 0.3 is 0 Å². The minimum Gasteiger partial charge on any atom is -0.379 e. The molecule has 1 aromatic carbocycles. The molecule has 1 saturated carbocycles. The Morgan fingerprint density at radius 2 is 1.90 bits per heavy atom. The average Bonchev–Trinajstić information content (AvgIpc) is 3.39. The number of hydrogen-bond donors (Lipinski definition) is 1. The Morgan fingerprint density at radius 1 is 1.20 bits per heavy atom. The van der Waals surface area contributed by atoms with Crippen LogP contribution in [0.25, 0.3) is 10.4 Å². The number of sulfonamides is 1. The summed E-state index contributed by atoms with van der Waals surface area (Å²) in [5.74, 6) is 0.106. The molecule has 1 aromatic heterocycles. The van der Waals surface area contributed by atoms with Crippen molar-refractivity contribution in [3.05, 3.63) is 29.5 Å². The molecule has 2 aliphatic rings. The van der Waals surface area contributed by atoms with Gasteiger partial charge in [-0.3, -0.25) is 4.79 Å². The Balaban J connectivity index is 1.61. The lowest BCUT2D eigenvalue weighted by molar-refractivity contribution is -0.119. The molecule has 0 spiro atoms. The zero-order valence-electron chi connectivity index (χ0n) is 17.3. The largest absolute Gasteiger partial charge is 0.379 e. The van der Waals surface area contributed by atoms with Crippen LogP contribution >= 0.6 is 11.3 Å². The van der Waals surface area contributed by atoms with Gasteiger partial charge < -0.3 is 10.1 Å². The normalized spacial score (nSPS) is 18.6. The quantitative estimate of drug-likeness (QED) is 0.754. The fourth-order valence-electron chi connectivity index (χ4n) is 4.06. The number of benzene rings is 1. The summed E-state index contributed by atoms with van der Waals surface area (Å²) in [4.78, 5) is 18.1. The van der Waals surface area contributed by atoms with Gasteiger partial charge in [0.15, 0.2) is 5.13 Å². The van der Waals surface area contributed by atoms with Crippen molar-refractivity contribution < 1.29 is 17.9 Å². The monoisotopic (exact) mass is 449 g/mol. The summed E-state index contributed by atoms with van der Waals surface area (Å²) >= 11 is 1.39. The predicted octanol–water partition coefficient (Wildman–Crippen LogP) is 3.58. The van der Waals surface area contributed by atoms with Gasteiger partial charge in [-0.1, -0.05) is 36.3 Å². The minimum absolute atomic E-state index is 0.0345. The Hall–Kier alpha value is -1.81. The summed E-state index contributed by atoms with van der Waals surface area (Å²) in [6, 6.07) is 5.47. The second-order valence-corrected chi connectivity index (χ2v) is 10.8. The third-order valence-electron chi connectivity index (χ3n) is 5.79. The van der Waals surface area contributed by atoms with Crippen LogP contribution in [0.5, 0.6) is 0 Å². The number of nitrogens with zero attached hydrogens (tertiary/aromatic N) is 2. The Kier molecular flexibility index (Phi) is 6.24. The van der Waals surface area contributed by atoms with Gasteiger partial charge in [-0.2, -0.15) is 4.31 Å². The Morgan fingerprint density at radius 3 is 2.60 bits per heavy atom. The number of aryl methyl sites for hydroxylation is 2. The van der Waals surface area contributed by atoms with Gasteiger partial charge in [0.25, 0.3) is 0 Å². The lowest BCUT2D eigenvalue weighted by Gasteiger charge is -2.26. The van der Waals surface area contributed by atoms with Crippen molar-refractivity contribution >= 4 is 32.4 Å². The number of aromatic nitrogens is 1. The van der Waals surface area contributed by atoms with Gasteiger partial charge in [0.2, 0.25) is 15.9 Å². The second-order valence-electron chi connectivity index (χ2n) is 7.90. The second kappa shape index (κ2) is 8.74. The van der Waals surface area contributed by atoms with Gasteiger partial charge in [-0.25, -0.2) is 13.4 Å². The molecule has 1 amide bonds. The van der Waals surface area contributed by atoms with E-state index >= 15 is 0 Å². The van der Waals surface area contributed by atoms with Crippen LogP contribution in [0, 0.1) is 19.8 Å². The molecule has 1 N–H and O–H groups in total. The molecule has 2 heterocycles. The average molecular weight is 450 g/mol. The van der Waals surface area contributed by atoms with E-state index < -0.39 is 10.0 Å².